The van der Waals surface area contributed by atoms with E-state index in [2.05, 4.69) is 0 Å². The van der Waals surface area contributed by atoms with Gasteiger partial charge in [0.25, 0.3) is 0 Å². The molecular formula is C20H16O. The summed E-state index contributed by atoms with van der Waals surface area (Å²) in [6.07, 6.45) is 3.53. The van der Waals surface area contributed by atoms with Crippen LogP contribution in [0.3, 0.4) is 0 Å². The third-order valence-corrected chi connectivity index (χ3v) is 3.64. The highest BCUT2D eigenvalue weighted by Gasteiger charge is 2.03. The largest absolute Gasteiger partial charge is 0.289 e. The van der Waals surface area contributed by atoms with Gasteiger partial charge < -0.3 is 0 Å². The zero-order valence-corrected chi connectivity index (χ0v) is 11.9. The van der Waals surface area contributed by atoms with Gasteiger partial charge in [0.05, 0.1) is 0 Å². The first-order valence-corrected chi connectivity index (χ1v) is 7.01. The zero-order chi connectivity index (χ0) is 14.7. The summed E-state index contributed by atoms with van der Waals surface area (Å²) in [5.74, 6) is 0.0315. The van der Waals surface area contributed by atoms with Crippen molar-refractivity contribution >= 4 is 22.6 Å². The van der Waals surface area contributed by atoms with Gasteiger partial charge in [-0.3, -0.25) is 4.79 Å². The quantitative estimate of drug-likeness (QED) is 0.482. The van der Waals surface area contributed by atoms with Gasteiger partial charge in [-0.05, 0) is 41.0 Å². The SMILES string of the molecule is Cc1ccccc1/C=C/C(=O)c1ccc2ccccc2c1. The van der Waals surface area contributed by atoms with Crippen LogP contribution in [-0.2, 0) is 0 Å². The number of benzene rings is 3. The lowest BCUT2D eigenvalue weighted by atomic mass is 10.0. The summed E-state index contributed by atoms with van der Waals surface area (Å²) in [5.41, 5.74) is 2.96. The van der Waals surface area contributed by atoms with Crippen LogP contribution < -0.4 is 0 Å². The number of fused-ring (bicyclic) bond motifs is 1. The first-order valence-electron chi connectivity index (χ1n) is 7.01. The third kappa shape index (κ3) is 2.92. The molecule has 0 aliphatic rings. The Hall–Kier alpha value is -2.67. The molecule has 0 aromatic heterocycles. The topological polar surface area (TPSA) is 17.1 Å². The lowest BCUT2D eigenvalue weighted by Crippen LogP contribution is -1.94. The Labute approximate surface area is 124 Å². The molecule has 0 N–H and O–H groups in total. The van der Waals surface area contributed by atoms with Crippen molar-refractivity contribution in [1.82, 2.24) is 0 Å². The summed E-state index contributed by atoms with van der Waals surface area (Å²) in [4.78, 5) is 12.3. The van der Waals surface area contributed by atoms with E-state index in [1.54, 1.807) is 6.08 Å². The number of ketones is 1. The van der Waals surface area contributed by atoms with Crippen molar-refractivity contribution < 1.29 is 4.79 Å². The number of hydrogen-bond acceptors (Lipinski definition) is 1. The minimum absolute atomic E-state index is 0.0315. The van der Waals surface area contributed by atoms with Gasteiger partial charge in [-0.15, -0.1) is 0 Å². The van der Waals surface area contributed by atoms with Crippen molar-refractivity contribution in [3.63, 3.8) is 0 Å². The molecule has 0 spiro atoms. The van der Waals surface area contributed by atoms with Crippen molar-refractivity contribution in [2.75, 3.05) is 0 Å². The Morgan fingerprint density at radius 2 is 1.57 bits per heavy atom. The molecule has 0 saturated carbocycles. The molecule has 0 unspecified atom stereocenters. The molecule has 0 aliphatic carbocycles. The van der Waals surface area contributed by atoms with E-state index >= 15 is 0 Å². The molecule has 0 saturated heterocycles. The molecule has 3 aromatic carbocycles. The number of carbonyl (C=O) groups is 1. The summed E-state index contributed by atoms with van der Waals surface area (Å²) >= 11 is 0. The van der Waals surface area contributed by atoms with Gasteiger partial charge >= 0.3 is 0 Å². The van der Waals surface area contributed by atoms with Crippen LogP contribution >= 0.6 is 0 Å². The van der Waals surface area contributed by atoms with E-state index in [0.717, 1.165) is 21.9 Å². The second kappa shape index (κ2) is 5.76. The highest BCUT2D eigenvalue weighted by molar-refractivity contribution is 6.08. The monoisotopic (exact) mass is 272 g/mol. The molecule has 0 atom stereocenters. The average Bonchev–Trinajstić information content (AvgIpc) is 2.53. The molecule has 21 heavy (non-hydrogen) atoms. The van der Waals surface area contributed by atoms with E-state index in [0.29, 0.717) is 0 Å². The molecule has 102 valence electrons. The fourth-order valence-corrected chi connectivity index (χ4v) is 2.38. The molecule has 3 rings (SSSR count). The van der Waals surface area contributed by atoms with Crippen molar-refractivity contribution in [1.29, 1.82) is 0 Å². The van der Waals surface area contributed by atoms with Crippen LogP contribution in [0.25, 0.3) is 16.8 Å². The van der Waals surface area contributed by atoms with E-state index in [1.165, 1.54) is 5.56 Å². The summed E-state index contributed by atoms with van der Waals surface area (Å²) in [6, 6.07) is 21.9. The average molecular weight is 272 g/mol. The molecule has 0 fully saturated rings. The Bertz CT molecular complexity index is 828. The Kier molecular flexibility index (Phi) is 3.65. The first kappa shape index (κ1) is 13.3. The molecule has 0 heterocycles. The van der Waals surface area contributed by atoms with E-state index in [1.807, 2.05) is 79.7 Å². The lowest BCUT2D eigenvalue weighted by molar-refractivity contribution is 0.104. The van der Waals surface area contributed by atoms with Gasteiger partial charge in [-0.1, -0.05) is 66.7 Å². The maximum Gasteiger partial charge on any atom is 0.185 e. The van der Waals surface area contributed by atoms with Crippen LogP contribution in [0.5, 0.6) is 0 Å². The normalized spacial score (nSPS) is 11.1. The van der Waals surface area contributed by atoms with Gasteiger partial charge in [0.2, 0.25) is 0 Å². The highest BCUT2D eigenvalue weighted by atomic mass is 16.1. The number of carbonyl (C=O) groups excluding carboxylic acids is 1. The van der Waals surface area contributed by atoms with Crippen molar-refractivity contribution in [3.8, 4) is 0 Å². The smallest absolute Gasteiger partial charge is 0.185 e. The Balaban J connectivity index is 1.89. The second-order valence-corrected chi connectivity index (χ2v) is 5.12. The molecule has 1 heteroatoms. The van der Waals surface area contributed by atoms with Crippen molar-refractivity contribution in [2.45, 2.75) is 6.92 Å². The van der Waals surface area contributed by atoms with Crippen LogP contribution in [0.15, 0.2) is 72.8 Å². The Morgan fingerprint density at radius 3 is 2.38 bits per heavy atom. The van der Waals surface area contributed by atoms with E-state index in [4.69, 9.17) is 0 Å². The lowest BCUT2D eigenvalue weighted by Gasteiger charge is -2.01. The molecule has 0 aliphatic heterocycles. The molecule has 3 aromatic rings. The number of aryl methyl sites for hydroxylation is 1. The molecule has 0 radical (unpaired) electrons. The summed E-state index contributed by atoms with van der Waals surface area (Å²) in [6.45, 7) is 2.04. The minimum Gasteiger partial charge on any atom is -0.289 e. The summed E-state index contributed by atoms with van der Waals surface area (Å²) in [7, 11) is 0. The fraction of sp³-hybridized carbons (Fsp3) is 0.0500. The number of allylic oxidation sites excluding steroid dienone is 1. The fourth-order valence-electron chi connectivity index (χ4n) is 2.38. The summed E-state index contributed by atoms with van der Waals surface area (Å²) < 4.78 is 0. The standard InChI is InChI=1S/C20H16O/c1-15-6-2-3-7-16(15)12-13-20(21)19-11-10-17-8-4-5-9-18(17)14-19/h2-14H,1H3/b13-12+. The molecule has 0 bridgehead atoms. The summed E-state index contributed by atoms with van der Waals surface area (Å²) in [5, 5.41) is 2.24. The van der Waals surface area contributed by atoms with Crippen LogP contribution in [0.2, 0.25) is 0 Å². The predicted molar refractivity (Wildman–Crippen MR) is 88.5 cm³/mol. The van der Waals surface area contributed by atoms with Crippen LogP contribution in [0.1, 0.15) is 21.5 Å². The van der Waals surface area contributed by atoms with Gasteiger partial charge in [-0.2, -0.15) is 0 Å². The highest BCUT2D eigenvalue weighted by Crippen LogP contribution is 2.17. The number of hydrogen-bond donors (Lipinski definition) is 0. The minimum atomic E-state index is 0.0315. The van der Waals surface area contributed by atoms with Crippen LogP contribution in [0.4, 0.5) is 0 Å². The van der Waals surface area contributed by atoms with Gasteiger partial charge in [-0.25, -0.2) is 0 Å². The van der Waals surface area contributed by atoms with E-state index < -0.39 is 0 Å². The second-order valence-electron chi connectivity index (χ2n) is 5.12. The van der Waals surface area contributed by atoms with Crippen molar-refractivity contribution in [3.05, 3.63) is 89.5 Å². The van der Waals surface area contributed by atoms with Gasteiger partial charge in [0.1, 0.15) is 0 Å². The van der Waals surface area contributed by atoms with Gasteiger partial charge in [0.15, 0.2) is 5.78 Å². The number of rotatable bonds is 3. The first-order chi connectivity index (χ1) is 10.2. The molecule has 1 nitrogen and oxygen atoms in total. The van der Waals surface area contributed by atoms with Gasteiger partial charge in [0, 0.05) is 5.56 Å². The predicted octanol–water partition coefficient (Wildman–Crippen LogP) is 5.04. The van der Waals surface area contributed by atoms with Crippen molar-refractivity contribution in [2.24, 2.45) is 0 Å². The van der Waals surface area contributed by atoms with E-state index in [9.17, 15) is 4.79 Å². The zero-order valence-electron chi connectivity index (χ0n) is 11.9. The maximum absolute atomic E-state index is 12.3. The Morgan fingerprint density at radius 1 is 0.857 bits per heavy atom. The maximum atomic E-state index is 12.3. The molecular weight excluding hydrogens is 256 g/mol. The molecule has 0 amide bonds. The van der Waals surface area contributed by atoms with E-state index in [-0.39, 0.29) is 5.78 Å². The van der Waals surface area contributed by atoms with Crippen LogP contribution in [0, 0.1) is 6.92 Å². The third-order valence-electron chi connectivity index (χ3n) is 3.64. The van der Waals surface area contributed by atoms with Crippen LogP contribution in [-0.4, -0.2) is 5.78 Å².